The van der Waals surface area contributed by atoms with Crippen LogP contribution in [-0.2, 0) is 4.74 Å². The number of hydrogen-bond donors (Lipinski definition) is 1. The van der Waals surface area contributed by atoms with Gasteiger partial charge in [-0.1, -0.05) is 12.8 Å². The van der Waals surface area contributed by atoms with E-state index in [2.05, 4.69) is 23.8 Å². The van der Waals surface area contributed by atoms with Crippen LogP contribution in [0.2, 0.25) is 0 Å². The first kappa shape index (κ1) is 14.3. The van der Waals surface area contributed by atoms with Crippen LogP contribution in [0.3, 0.4) is 0 Å². The third-order valence-electron chi connectivity index (χ3n) is 5.15. The molecular weight excluding hydrogens is 226 g/mol. The number of ether oxygens (including phenoxy) is 1. The second kappa shape index (κ2) is 5.87. The molecule has 2 aliphatic rings. The summed E-state index contributed by atoms with van der Waals surface area (Å²) < 4.78 is 5.78. The molecule has 2 N–H and O–H groups in total. The van der Waals surface area contributed by atoms with Crippen molar-refractivity contribution in [1.82, 2.24) is 9.80 Å². The van der Waals surface area contributed by atoms with Gasteiger partial charge in [0.05, 0.1) is 11.6 Å². The molecule has 4 heteroatoms. The summed E-state index contributed by atoms with van der Waals surface area (Å²) in [6.07, 6.45) is 5.24. The number of hydrogen-bond acceptors (Lipinski definition) is 4. The molecule has 4 nitrogen and oxygen atoms in total. The lowest BCUT2D eigenvalue weighted by Crippen LogP contribution is -2.67. The summed E-state index contributed by atoms with van der Waals surface area (Å²) in [5.41, 5.74) is 6.27. The second-order valence-corrected chi connectivity index (χ2v) is 6.05. The lowest BCUT2D eigenvalue weighted by Gasteiger charge is -2.53. The number of rotatable bonds is 3. The van der Waals surface area contributed by atoms with Gasteiger partial charge in [-0.15, -0.1) is 0 Å². The van der Waals surface area contributed by atoms with E-state index in [0.717, 1.165) is 32.6 Å². The van der Waals surface area contributed by atoms with Gasteiger partial charge >= 0.3 is 0 Å². The van der Waals surface area contributed by atoms with Crippen molar-refractivity contribution in [3.8, 4) is 0 Å². The average molecular weight is 255 g/mol. The molecule has 2 rings (SSSR count). The number of methoxy groups -OCH3 is 1. The molecule has 3 unspecified atom stereocenters. The van der Waals surface area contributed by atoms with E-state index < -0.39 is 0 Å². The Morgan fingerprint density at radius 1 is 1.33 bits per heavy atom. The van der Waals surface area contributed by atoms with Crippen LogP contribution in [0.4, 0.5) is 0 Å². The Morgan fingerprint density at radius 3 is 2.72 bits per heavy atom. The van der Waals surface area contributed by atoms with Gasteiger partial charge in [0, 0.05) is 39.3 Å². The van der Waals surface area contributed by atoms with Gasteiger partial charge in [-0.05, 0) is 26.8 Å². The van der Waals surface area contributed by atoms with Crippen LogP contribution in [-0.4, -0.2) is 67.8 Å². The second-order valence-electron chi connectivity index (χ2n) is 6.05. The smallest absolute Gasteiger partial charge is 0.0767 e. The van der Waals surface area contributed by atoms with Gasteiger partial charge in [-0.3, -0.25) is 4.90 Å². The lowest BCUT2D eigenvalue weighted by atomic mass is 9.77. The van der Waals surface area contributed by atoms with Crippen molar-refractivity contribution >= 4 is 0 Å². The minimum Gasteiger partial charge on any atom is -0.379 e. The Hall–Kier alpha value is -0.160. The molecule has 1 heterocycles. The monoisotopic (exact) mass is 255 g/mol. The highest BCUT2D eigenvalue weighted by molar-refractivity contribution is 5.03. The van der Waals surface area contributed by atoms with Crippen molar-refractivity contribution in [2.24, 2.45) is 5.73 Å². The molecule has 0 aromatic rings. The highest BCUT2D eigenvalue weighted by atomic mass is 16.5. The van der Waals surface area contributed by atoms with E-state index in [1.807, 2.05) is 7.11 Å². The predicted molar refractivity (Wildman–Crippen MR) is 74.7 cm³/mol. The Bertz CT molecular complexity index is 274. The van der Waals surface area contributed by atoms with Gasteiger partial charge in [0.25, 0.3) is 0 Å². The highest BCUT2D eigenvalue weighted by Crippen LogP contribution is 2.36. The van der Waals surface area contributed by atoms with Crippen LogP contribution < -0.4 is 5.73 Å². The zero-order chi connectivity index (χ0) is 13.2. The van der Waals surface area contributed by atoms with Gasteiger partial charge in [-0.25, -0.2) is 0 Å². The van der Waals surface area contributed by atoms with E-state index in [1.54, 1.807) is 0 Å². The van der Waals surface area contributed by atoms with Crippen LogP contribution in [0.5, 0.6) is 0 Å². The maximum absolute atomic E-state index is 6.18. The summed E-state index contributed by atoms with van der Waals surface area (Å²) in [4.78, 5) is 5.05. The van der Waals surface area contributed by atoms with E-state index in [0.29, 0.717) is 12.1 Å². The zero-order valence-corrected chi connectivity index (χ0v) is 12.2. The SMILES string of the molecule is COC1CCCCC1(CN)N1CCN(C)C(C)C1. The van der Waals surface area contributed by atoms with Crippen LogP contribution in [0, 0.1) is 0 Å². The molecule has 3 atom stereocenters. The third-order valence-corrected chi connectivity index (χ3v) is 5.15. The number of nitrogens with zero attached hydrogens (tertiary/aromatic N) is 2. The fourth-order valence-electron chi connectivity index (χ4n) is 3.71. The minimum absolute atomic E-state index is 0.0858. The van der Waals surface area contributed by atoms with Crippen LogP contribution >= 0.6 is 0 Å². The molecular formula is C14H29N3O. The van der Waals surface area contributed by atoms with Gasteiger partial charge < -0.3 is 15.4 Å². The Morgan fingerprint density at radius 2 is 2.11 bits per heavy atom. The molecule has 1 aliphatic carbocycles. The Labute approximate surface area is 111 Å². The number of piperazine rings is 1. The van der Waals surface area contributed by atoms with E-state index >= 15 is 0 Å². The standard InChI is InChI=1S/C14H29N3O/c1-12-10-17(9-8-16(12)2)14(11-15)7-5-4-6-13(14)18-3/h12-13H,4-11,15H2,1-3H3. The zero-order valence-electron chi connectivity index (χ0n) is 12.2. The van der Waals surface area contributed by atoms with Crippen LogP contribution in [0.15, 0.2) is 0 Å². The van der Waals surface area contributed by atoms with E-state index in [9.17, 15) is 0 Å². The highest BCUT2D eigenvalue weighted by Gasteiger charge is 2.46. The minimum atomic E-state index is 0.0858. The third kappa shape index (κ3) is 2.44. The molecule has 0 amide bonds. The molecule has 1 aliphatic heterocycles. The Kier molecular flexibility index (Phi) is 4.64. The summed E-state index contributed by atoms with van der Waals surface area (Å²) in [5.74, 6) is 0. The predicted octanol–water partition coefficient (Wildman–Crippen LogP) is 0.909. The van der Waals surface area contributed by atoms with E-state index in [4.69, 9.17) is 10.5 Å². The maximum Gasteiger partial charge on any atom is 0.0767 e. The summed E-state index contributed by atoms with van der Waals surface area (Å²) in [7, 11) is 4.06. The summed E-state index contributed by atoms with van der Waals surface area (Å²) in [6.45, 7) is 6.41. The first-order valence-electron chi connectivity index (χ1n) is 7.32. The normalized spacial score (nSPS) is 40.0. The first-order chi connectivity index (χ1) is 8.64. The number of nitrogens with two attached hydrogens (primary N) is 1. The molecule has 0 bridgehead atoms. The molecule has 1 saturated heterocycles. The summed E-state index contributed by atoms with van der Waals surface area (Å²) in [5, 5.41) is 0. The fraction of sp³-hybridized carbons (Fsp3) is 1.00. The van der Waals surface area contributed by atoms with Crippen molar-refractivity contribution in [1.29, 1.82) is 0 Å². The molecule has 2 fully saturated rings. The maximum atomic E-state index is 6.18. The topological polar surface area (TPSA) is 41.7 Å². The van der Waals surface area contributed by atoms with Gasteiger partial charge in [0.2, 0.25) is 0 Å². The molecule has 18 heavy (non-hydrogen) atoms. The largest absolute Gasteiger partial charge is 0.379 e. The van der Waals surface area contributed by atoms with E-state index in [1.165, 1.54) is 19.3 Å². The van der Waals surface area contributed by atoms with Crippen molar-refractivity contribution in [2.75, 3.05) is 40.3 Å². The fourth-order valence-corrected chi connectivity index (χ4v) is 3.71. The van der Waals surface area contributed by atoms with Crippen molar-refractivity contribution < 1.29 is 4.74 Å². The van der Waals surface area contributed by atoms with Crippen LogP contribution in [0.25, 0.3) is 0 Å². The average Bonchev–Trinajstić information content (AvgIpc) is 2.41. The van der Waals surface area contributed by atoms with Gasteiger partial charge in [-0.2, -0.15) is 0 Å². The van der Waals surface area contributed by atoms with Gasteiger partial charge in [0.1, 0.15) is 0 Å². The quantitative estimate of drug-likeness (QED) is 0.814. The lowest BCUT2D eigenvalue weighted by molar-refractivity contribution is -0.0944. The number of likely N-dealkylation sites (N-methyl/N-ethyl adjacent to an activating group) is 1. The molecule has 0 spiro atoms. The van der Waals surface area contributed by atoms with E-state index in [-0.39, 0.29) is 5.54 Å². The molecule has 0 aromatic carbocycles. The first-order valence-corrected chi connectivity index (χ1v) is 7.32. The summed E-state index contributed by atoms with van der Waals surface area (Å²) >= 11 is 0. The van der Waals surface area contributed by atoms with Crippen molar-refractivity contribution in [3.63, 3.8) is 0 Å². The molecule has 106 valence electrons. The van der Waals surface area contributed by atoms with Crippen LogP contribution in [0.1, 0.15) is 32.6 Å². The Balaban J connectivity index is 2.15. The molecule has 0 aromatic heterocycles. The van der Waals surface area contributed by atoms with Crippen molar-refractivity contribution in [3.05, 3.63) is 0 Å². The van der Waals surface area contributed by atoms with Gasteiger partial charge in [0.15, 0.2) is 0 Å². The molecule has 1 saturated carbocycles. The van der Waals surface area contributed by atoms with Crippen molar-refractivity contribution in [2.45, 2.75) is 50.3 Å². The summed E-state index contributed by atoms with van der Waals surface area (Å²) in [6, 6.07) is 0.613. The molecule has 0 radical (unpaired) electrons.